The van der Waals surface area contributed by atoms with E-state index in [4.69, 9.17) is 5.11 Å². The highest BCUT2D eigenvalue weighted by Gasteiger charge is 2.34. The van der Waals surface area contributed by atoms with Crippen molar-refractivity contribution in [3.8, 4) is 0 Å². The van der Waals surface area contributed by atoms with Crippen LogP contribution < -0.4 is 0 Å². The van der Waals surface area contributed by atoms with Crippen LogP contribution in [-0.2, 0) is 6.18 Å². The van der Waals surface area contributed by atoms with Gasteiger partial charge in [0.05, 0.1) is 11.1 Å². The Hall–Kier alpha value is -2.18. The van der Waals surface area contributed by atoms with E-state index in [0.29, 0.717) is 6.07 Å². The molecule has 2 aromatic rings. The molecule has 0 saturated carbocycles. The highest BCUT2D eigenvalue weighted by molar-refractivity contribution is 6.02. The van der Waals surface area contributed by atoms with E-state index in [-0.39, 0.29) is 10.9 Å². The number of hydrogen-bond donors (Lipinski definition) is 1. The van der Waals surface area contributed by atoms with Gasteiger partial charge in [0.1, 0.15) is 5.69 Å². The Morgan fingerprint density at radius 1 is 1.35 bits per heavy atom. The summed E-state index contributed by atoms with van der Waals surface area (Å²) in [4.78, 5) is 17.9. The summed E-state index contributed by atoms with van der Waals surface area (Å²) in [6, 6.07) is 1.74. The van der Waals surface area contributed by atoms with Gasteiger partial charge in [0, 0.05) is 17.8 Å². The molecule has 0 fully saturated rings. The Bertz CT molecular complexity index is 596. The van der Waals surface area contributed by atoms with Gasteiger partial charge in [-0.2, -0.15) is 13.2 Å². The molecular weight excluding hydrogens is 237 g/mol. The van der Waals surface area contributed by atoms with E-state index in [9.17, 15) is 18.0 Å². The maximum atomic E-state index is 12.5. The van der Waals surface area contributed by atoms with Crippen molar-refractivity contribution in [2.24, 2.45) is 0 Å². The SMILES string of the molecule is O=C(O)c1cc(C(F)(F)F)nc2ccncc12. The van der Waals surface area contributed by atoms with E-state index in [2.05, 4.69) is 9.97 Å². The van der Waals surface area contributed by atoms with Crippen LogP contribution in [0.25, 0.3) is 10.9 Å². The number of aromatic carboxylic acids is 1. The van der Waals surface area contributed by atoms with Gasteiger partial charge in [-0.1, -0.05) is 0 Å². The second-order valence-corrected chi connectivity index (χ2v) is 3.25. The molecule has 2 rings (SSSR count). The quantitative estimate of drug-likeness (QED) is 0.833. The van der Waals surface area contributed by atoms with Crippen LogP contribution in [0.1, 0.15) is 16.1 Å². The molecule has 0 aromatic carbocycles. The summed E-state index contributed by atoms with van der Waals surface area (Å²) in [7, 11) is 0. The molecule has 0 saturated heterocycles. The first-order valence-electron chi connectivity index (χ1n) is 4.45. The second-order valence-electron chi connectivity index (χ2n) is 3.25. The Balaban J connectivity index is 2.81. The molecule has 0 radical (unpaired) electrons. The summed E-state index contributed by atoms with van der Waals surface area (Å²) in [5.74, 6) is -1.45. The third-order valence-corrected chi connectivity index (χ3v) is 2.13. The molecule has 0 atom stereocenters. The van der Waals surface area contributed by atoms with E-state index in [1.807, 2.05) is 0 Å². The molecule has 2 aromatic heterocycles. The summed E-state index contributed by atoms with van der Waals surface area (Å²) in [6.07, 6.45) is -2.26. The first-order valence-corrected chi connectivity index (χ1v) is 4.45. The van der Waals surface area contributed by atoms with Crippen LogP contribution in [0.4, 0.5) is 13.2 Å². The fourth-order valence-electron chi connectivity index (χ4n) is 1.39. The number of aromatic nitrogens is 2. The maximum Gasteiger partial charge on any atom is 0.433 e. The maximum absolute atomic E-state index is 12.5. The fourth-order valence-corrected chi connectivity index (χ4v) is 1.39. The third kappa shape index (κ3) is 2.03. The van der Waals surface area contributed by atoms with E-state index < -0.39 is 23.4 Å². The standard InChI is InChI=1S/C10H5F3N2O2/c11-10(12,13)8-3-5(9(16)17)6-4-14-2-1-7(6)15-8/h1-4H,(H,16,17). The predicted octanol–water partition coefficient (Wildman–Crippen LogP) is 2.35. The molecule has 0 spiro atoms. The van der Waals surface area contributed by atoms with Gasteiger partial charge >= 0.3 is 12.1 Å². The molecule has 2 heterocycles. The molecule has 88 valence electrons. The number of alkyl halides is 3. The normalized spacial score (nSPS) is 11.7. The van der Waals surface area contributed by atoms with Crippen LogP contribution in [0, 0.1) is 0 Å². The number of hydrogen-bond acceptors (Lipinski definition) is 3. The van der Waals surface area contributed by atoms with Crippen molar-refractivity contribution in [1.82, 2.24) is 9.97 Å². The van der Waals surface area contributed by atoms with Crippen LogP contribution in [0.3, 0.4) is 0 Å². The monoisotopic (exact) mass is 242 g/mol. The van der Waals surface area contributed by atoms with Crippen LogP contribution in [0.2, 0.25) is 0 Å². The number of carboxylic acids is 1. The number of pyridine rings is 2. The largest absolute Gasteiger partial charge is 0.478 e. The van der Waals surface area contributed by atoms with E-state index in [1.54, 1.807) is 0 Å². The van der Waals surface area contributed by atoms with Crippen LogP contribution in [0.5, 0.6) is 0 Å². The first-order chi connectivity index (χ1) is 7.89. The molecule has 4 nitrogen and oxygen atoms in total. The van der Waals surface area contributed by atoms with Gasteiger partial charge < -0.3 is 5.11 Å². The molecule has 1 N–H and O–H groups in total. The number of nitrogens with zero attached hydrogens (tertiary/aromatic N) is 2. The topological polar surface area (TPSA) is 63.1 Å². The van der Waals surface area contributed by atoms with Gasteiger partial charge in [0.2, 0.25) is 0 Å². The molecule has 0 aliphatic rings. The van der Waals surface area contributed by atoms with Crippen LogP contribution in [-0.4, -0.2) is 21.0 Å². The number of rotatable bonds is 1. The average molecular weight is 242 g/mol. The van der Waals surface area contributed by atoms with Crippen molar-refractivity contribution in [3.63, 3.8) is 0 Å². The lowest BCUT2D eigenvalue weighted by molar-refractivity contribution is -0.140. The highest BCUT2D eigenvalue weighted by Crippen LogP contribution is 2.30. The van der Waals surface area contributed by atoms with Gasteiger partial charge in [0.15, 0.2) is 0 Å². The zero-order valence-corrected chi connectivity index (χ0v) is 8.19. The molecule has 0 aliphatic carbocycles. The van der Waals surface area contributed by atoms with Gasteiger partial charge in [-0.3, -0.25) is 4.98 Å². The van der Waals surface area contributed by atoms with Crippen molar-refractivity contribution < 1.29 is 23.1 Å². The zero-order valence-electron chi connectivity index (χ0n) is 8.19. The minimum Gasteiger partial charge on any atom is -0.478 e. The summed E-state index contributed by atoms with van der Waals surface area (Å²) < 4.78 is 37.5. The van der Waals surface area contributed by atoms with E-state index in [1.165, 1.54) is 18.5 Å². The second kappa shape index (κ2) is 3.69. The lowest BCUT2D eigenvalue weighted by Crippen LogP contribution is -2.11. The Morgan fingerprint density at radius 3 is 2.65 bits per heavy atom. The molecule has 7 heteroatoms. The first kappa shape index (κ1) is 11.3. The molecule has 0 amide bonds. The van der Waals surface area contributed by atoms with Crippen molar-refractivity contribution in [1.29, 1.82) is 0 Å². The molecule has 0 aliphatic heterocycles. The molecule has 0 bridgehead atoms. The summed E-state index contributed by atoms with van der Waals surface area (Å²) >= 11 is 0. The molecular formula is C10H5F3N2O2. The molecule has 0 unspecified atom stereocenters. The number of halogens is 3. The summed E-state index contributed by atoms with van der Waals surface area (Å²) in [5, 5.41) is 8.93. The van der Waals surface area contributed by atoms with Crippen molar-refractivity contribution in [2.45, 2.75) is 6.18 Å². The Labute approximate surface area is 92.7 Å². The van der Waals surface area contributed by atoms with Crippen LogP contribution >= 0.6 is 0 Å². The minimum atomic E-state index is -4.68. The number of carbonyl (C=O) groups is 1. The predicted molar refractivity (Wildman–Crippen MR) is 51.5 cm³/mol. The zero-order chi connectivity index (χ0) is 12.6. The third-order valence-electron chi connectivity index (χ3n) is 2.13. The highest BCUT2D eigenvalue weighted by atomic mass is 19.4. The average Bonchev–Trinajstić information content (AvgIpc) is 2.26. The fraction of sp³-hybridized carbons (Fsp3) is 0.100. The Kier molecular flexibility index (Phi) is 2.45. The Morgan fingerprint density at radius 2 is 2.06 bits per heavy atom. The number of carboxylic acid groups (broad SMARTS) is 1. The van der Waals surface area contributed by atoms with Crippen LogP contribution in [0.15, 0.2) is 24.5 Å². The summed E-state index contributed by atoms with van der Waals surface area (Å²) in [5.41, 5.74) is -1.74. The van der Waals surface area contributed by atoms with Crippen molar-refractivity contribution >= 4 is 16.9 Å². The van der Waals surface area contributed by atoms with E-state index in [0.717, 1.165) is 0 Å². The van der Waals surface area contributed by atoms with Crippen molar-refractivity contribution in [3.05, 3.63) is 35.8 Å². The smallest absolute Gasteiger partial charge is 0.433 e. The lowest BCUT2D eigenvalue weighted by atomic mass is 10.1. The molecule has 17 heavy (non-hydrogen) atoms. The summed E-state index contributed by atoms with van der Waals surface area (Å²) in [6.45, 7) is 0. The minimum absolute atomic E-state index is 0.0489. The van der Waals surface area contributed by atoms with Crippen molar-refractivity contribution in [2.75, 3.05) is 0 Å². The number of fused-ring (bicyclic) bond motifs is 1. The van der Waals surface area contributed by atoms with Gasteiger partial charge in [-0.05, 0) is 12.1 Å². The van der Waals surface area contributed by atoms with Gasteiger partial charge in [-0.25, -0.2) is 9.78 Å². The van der Waals surface area contributed by atoms with Gasteiger partial charge in [-0.15, -0.1) is 0 Å². The lowest BCUT2D eigenvalue weighted by Gasteiger charge is -2.08. The van der Waals surface area contributed by atoms with Gasteiger partial charge in [0.25, 0.3) is 0 Å². The van der Waals surface area contributed by atoms with E-state index >= 15 is 0 Å².